The Morgan fingerprint density at radius 2 is 1.94 bits per heavy atom. The molecule has 2 rings (SSSR count). The summed E-state index contributed by atoms with van der Waals surface area (Å²) in [6.45, 7) is 7.62. The maximum atomic E-state index is 9.96. The Bertz CT molecular complexity index is 363. The lowest BCUT2D eigenvalue weighted by molar-refractivity contribution is 0.0257. The highest BCUT2D eigenvalue weighted by atomic mass is 16.3. The number of nitrogens with zero attached hydrogens (tertiary/aromatic N) is 4. The zero-order valence-corrected chi connectivity index (χ0v) is 10.9. The van der Waals surface area contributed by atoms with Crippen LogP contribution in [0.4, 0.5) is 5.95 Å². The van der Waals surface area contributed by atoms with Crippen LogP contribution in [-0.4, -0.2) is 38.6 Å². The third-order valence-electron chi connectivity index (χ3n) is 3.55. The highest BCUT2D eigenvalue weighted by Gasteiger charge is 2.25. The molecule has 1 N–H and O–H groups in total. The van der Waals surface area contributed by atoms with Crippen molar-refractivity contribution in [1.82, 2.24) is 14.8 Å². The molecule has 1 aromatic rings. The van der Waals surface area contributed by atoms with Crippen LogP contribution < -0.4 is 4.90 Å². The van der Waals surface area contributed by atoms with Crippen LogP contribution in [0.1, 0.15) is 46.1 Å². The highest BCUT2D eigenvalue weighted by molar-refractivity contribution is 5.27. The van der Waals surface area contributed by atoms with Crippen LogP contribution in [0.15, 0.2) is 6.33 Å². The van der Waals surface area contributed by atoms with Crippen LogP contribution in [0.5, 0.6) is 0 Å². The second-order valence-electron chi connectivity index (χ2n) is 5.40. The van der Waals surface area contributed by atoms with Gasteiger partial charge < -0.3 is 10.0 Å². The monoisotopic (exact) mass is 238 g/mol. The molecule has 0 amide bonds. The number of anilines is 1. The fourth-order valence-electron chi connectivity index (χ4n) is 2.01. The van der Waals surface area contributed by atoms with E-state index in [2.05, 4.69) is 15.0 Å². The summed E-state index contributed by atoms with van der Waals surface area (Å²) in [7, 11) is 0. The molecule has 0 radical (unpaired) electrons. The Morgan fingerprint density at radius 3 is 2.53 bits per heavy atom. The predicted octanol–water partition coefficient (Wildman–Crippen LogP) is 1.60. The van der Waals surface area contributed by atoms with Crippen molar-refractivity contribution >= 4 is 5.95 Å². The van der Waals surface area contributed by atoms with E-state index in [9.17, 15) is 5.11 Å². The Morgan fingerprint density at radius 1 is 1.29 bits per heavy atom. The zero-order chi connectivity index (χ0) is 12.5. The average Bonchev–Trinajstić information content (AvgIpc) is 2.77. The maximum Gasteiger partial charge on any atom is 0.244 e. The van der Waals surface area contributed by atoms with Crippen LogP contribution in [0, 0.1) is 0 Å². The van der Waals surface area contributed by atoms with Gasteiger partial charge in [-0.3, -0.25) is 0 Å². The van der Waals surface area contributed by atoms with E-state index in [4.69, 9.17) is 0 Å². The predicted molar refractivity (Wildman–Crippen MR) is 67.1 cm³/mol. The largest absolute Gasteiger partial charge is 0.388 e. The molecule has 0 saturated carbocycles. The van der Waals surface area contributed by atoms with Gasteiger partial charge in [0, 0.05) is 13.1 Å². The molecule has 1 fully saturated rings. The fourth-order valence-corrected chi connectivity index (χ4v) is 2.01. The SMILES string of the molecule is CC(n1cnc(N2CCCCC2)n1)C(C)(C)O. The van der Waals surface area contributed by atoms with E-state index in [-0.39, 0.29) is 6.04 Å². The third-order valence-corrected chi connectivity index (χ3v) is 3.55. The van der Waals surface area contributed by atoms with Gasteiger partial charge in [0.25, 0.3) is 0 Å². The molecule has 0 aliphatic carbocycles. The van der Waals surface area contributed by atoms with E-state index < -0.39 is 5.60 Å². The van der Waals surface area contributed by atoms with E-state index in [0.717, 1.165) is 19.0 Å². The van der Waals surface area contributed by atoms with E-state index in [1.807, 2.05) is 6.92 Å². The molecule has 1 saturated heterocycles. The molecule has 2 heterocycles. The van der Waals surface area contributed by atoms with Crippen molar-refractivity contribution in [3.63, 3.8) is 0 Å². The fraction of sp³-hybridized carbons (Fsp3) is 0.833. The summed E-state index contributed by atoms with van der Waals surface area (Å²) >= 11 is 0. The van der Waals surface area contributed by atoms with E-state index in [1.165, 1.54) is 19.3 Å². The number of aromatic nitrogens is 3. The standard InChI is InChI=1S/C12H22N4O/c1-10(12(2,3)17)16-9-13-11(14-16)15-7-5-4-6-8-15/h9-10,17H,4-8H2,1-3H3. The number of hydrogen-bond donors (Lipinski definition) is 1. The minimum Gasteiger partial charge on any atom is -0.388 e. The van der Waals surface area contributed by atoms with Crippen LogP contribution in [0.25, 0.3) is 0 Å². The molecule has 1 aliphatic rings. The molecule has 1 aliphatic heterocycles. The van der Waals surface area contributed by atoms with Gasteiger partial charge in [-0.15, -0.1) is 5.10 Å². The molecule has 5 nitrogen and oxygen atoms in total. The zero-order valence-electron chi connectivity index (χ0n) is 10.9. The maximum absolute atomic E-state index is 9.96. The number of piperidine rings is 1. The van der Waals surface area contributed by atoms with Crippen molar-refractivity contribution in [2.24, 2.45) is 0 Å². The molecule has 0 aromatic carbocycles. The van der Waals surface area contributed by atoms with Gasteiger partial charge in [0.05, 0.1) is 11.6 Å². The Balaban J connectivity index is 2.10. The second kappa shape index (κ2) is 4.64. The first kappa shape index (κ1) is 12.4. The van der Waals surface area contributed by atoms with Crippen LogP contribution in [-0.2, 0) is 0 Å². The summed E-state index contributed by atoms with van der Waals surface area (Å²) in [5, 5.41) is 14.4. The van der Waals surface area contributed by atoms with E-state index in [1.54, 1.807) is 24.9 Å². The summed E-state index contributed by atoms with van der Waals surface area (Å²) in [6.07, 6.45) is 5.45. The van der Waals surface area contributed by atoms with Crippen molar-refractivity contribution < 1.29 is 5.11 Å². The van der Waals surface area contributed by atoms with Crippen molar-refractivity contribution in [1.29, 1.82) is 0 Å². The normalized spacial score (nSPS) is 19.4. The topological polar surface area (TPSA) is 54.2 Å². The van der Waals surface area contributed by atoms with Gasteiger partial charge in [0.15, 0.2) is 0 Å². The second-order valence-corrected chi connectivity index (χ2v) is 5.40. The first-order chi connectivity index (χ1) is 7.98. The summed E-state index contributed by atoms with van der Waals surface area (Å²) in [6, 6.07) is -0.0754. The molecule has 1 unspecified atom stereocenters. The minimum absolute atomic E-state index is 0.0754. The molecule has 1 atom stereocenters. The lowest BCUT2D eigenvalue weighted by atomic mass is 10.0. The molecular weight excluding hydrogens is 216 g/mol. The molecule has 1 aromatic heterocycles. The molecule has 5 heteroatoms. The summed E-state index contributed by atoms with van der Waals surface area (Å²) in [5.74, 6) is 0.792. The number of rotatable bonds is 3. The van der Waals surface area contributed by atoms with Gasteiger partial charge in [-0.05, 0) is 40.0 Å². The van der Waals surface area contributed by atoms with Gasteiger partial charge in [-0.25, -0.2) is 9.67 Å². The lowest BCUT2D eigenvalue weighted by Gasteiger charge is -2.27. The van der Waals surface area contributed by atoms with Crippen molar-refractivity contribution in [2.75, 3.05) is 18.0 Å². The third kappa shape index (κ3) is 2.77. The molecule has 96 valence electrons. The highest BCUT2D eigenvalue weighted by Crippen LogP contribution is 2.22. The first-order valence-corrected chi connectivity index (χ1v) is 6.37. The summed E-state index contributed by atoms with van der Waals surface area (Å²) < 4.78 is 1.75. The van der Waals surface area contributed by atoms with Crippen LogP contribution in [0.3, 0.4) is 0 Å². The van der Waals surface area contributed by atoms with Crippen molar-refractivity contribution in [2.45, 2.75) is 51.7 Å². The summed E-state index contributed by atoms with van der Waals surface area (Å²) in [5.41, 5.74) is -0.785. The van der Waals surface area contributed by atoms with E-state index in [0.29, 0.717) is 0 Å². The van der Waals surface area contributed by atoms with Crippen LogP contribution >= 0.6 is 0 Å². The number of hydrogen-bond acceptors (Lipinski definition) is 4. The Kier molecular flexibility index (Phi) is 3.38. The molecule has 0 bridgehead atoms. The Hall–Kier alpha value is -1.10. The van der Waals surface area contributed by atoms with Crippen molar-refractivity contribution in [3.05, 3.63) is 6.33 Å². The van der Waals surface area contributed by atoms with Crippen LogP contribution in [0.2, 0.25) is 0 Å². The van der Waals surface area contributed by atoms with Crippen molar-refractivity contribution in [3.8, 4) is 0 Å². The van der Waals surface area contributed by atoms with Gasteiger partial charge in [-0.1, -0.05) is 0 Å². The van der Waals surface area contributed by atoms with Gasteiger partial charge >= 0.3 is 0 Å². The Labute approximate surface area is 102 Å². The van der Waals surface area contributed by atoms with E-state index >= 15 is 0 Å². The first-order valence-electron chi connectivity index (χ1n) is 6.37. The quantitative estimate of drug-likeness (QED) is 0.869. The molecule has 17 heavy (non-hydrogen) atoms. The van der Waals surface area contributed by atoms with Gasteiger partial charge in [0.2, 0.25) is 5.95 Å². The van der Waals surface area contributed by atoms with Gasteiger partial charge in [-0.2, -0.15) is 0 Å². The summed E-state index contributed by atoms with van der Waals surface area (Å²) in [4.78, 5) is 6.56. The van der Waals surface area contributed by atoms with Gasteiger partial charge in [0.1, 0.15) is 6.33 Å². The minimum atomic E-state index is -0.785. The number of aliphatic hydroxyl groups is 1. The molecular formula is C12H22N4O. The average molecular weight is 238 g/mol. The lowest BCUT2D eigenvalue weighted by Crippen LogP contribution is -2.32. The molecule has 0 spiro atoms. The smallest absolute Gasteiger partial charge is 0.244 e.